The van der Waals surface area contributed by atoms with Gasteiger partial charge < -0.3 is 15.4 Å². The molecule has 156 valence electrons. The van der Waals surface area contributed by atoms with Gasteiger partial charge in [-0.2, -0.15) is 5.10 Å². The molecule has 1 aliphatic carbocycles. The standard InChI is InChI=1S/C23H25ClN4O2/c1-2-30-14-13-25-21(29)15-28-23(26-18-10-8-17(24)9-11-18)20-12-7-16-5-3-4-6-19(16)22(20)27-28/h3-6,8-11,26H,2,7,12-15H2,1H3,(H,25,29). The molecule has 0 bridgehead atoms. The summed E-state index contributed by atoms with van der Waals surface area (Å²) in [5.74, 6) is 0.753. The molecule has 1 heterocycles. The highest BCUT2D eigenvalue weighted by Crippen LogP contribution is 2.37. The van der Waals surface area contributed by atoms with Gasteiger partial charge in [0.2, 0.25) is 5.91 Å². The number of fused-ring (bicyclic) bond motifs is 3. The molecule has 0 atom stereocenters. The Hall–Kier alpha value is -2.83. The van der Waals surface area contributed by atoms with E-state index in [0.717, 1.165) is 41.2 Å². The van der Waals surface area contributed by atoms with E-state index in [0.29, 0.717) is 24.8 Å². The maximum absolute atomic E-state index is 12.5. The predicted octanol–water partition coefficient (Wildman–Crippen LogP) is 4.20. The van der Waals surface area contributed by atoms with Crippen molar-refractivity contribution in [2.45, 2.75) is 26.3 Å². The van der Waals surface area contributed by atoms with Crippen LogP contribution >= 0.6 is 11.6 Å². The zero-order valence-electron chi connectivity index (χ0n) is 17.0. The monoisotopic (exact) mass is 424 g/mol. The molecule has 3 aromatic rings. The molecule has 0 fully saturated rings. The topological polar surface area (TPSA) is 68.2 Å². The first-order chi connectivity index (χ1) is 14.7. The number of amides is 1. The summed E-state index contributed by atoms with van der Waals surface area (Å²) in [6.07, 6.45) is 1.82. The number of halogens is 1. The molecule has 7 heteroatoms. The summed E-state index contributed by atoms with van der Waals surface area (Å²) in [4.78, 5) is 12.5. The molecule has 2 aromatic carbocycles. The lowest BCUT2D eigenvalue weighted by atomic mass is 9.90. The second kappa shape index (κ2) is 9.32. The average Bonchev–Trinajstić information content (AvgIpc) is 3.10. The minimum atomic E-state index is -0.0954. The summed E-state index contributed by atoms with van der Waals surface area (Å²) < 4.78 is 7.05. The first-order valence-electron chi connectivity index (χ1n) is 10.2. The maximum Gasteiger partial charge on any atom is 0.241 e. The van der Waals surface area contributed by atoms with Gasteiger partial charge in [-0.25, -0.2) is 4.68 Å². The van der Waals surface area contributed by atoms with Gasteiger partial charge in [-0.1, -0.05) is 35.9 Å². The van der Waals surface area contributed by atoms with Crippen LogP contribution in [0.3, 0.4) is 0 Å². The smallest absolute Gasteiger partial charge is 0.241 e. The van der Waals surface area contributed by atoms with Gasteiger partial charge in [0.1, 0.15) is 12.4 Å². The van der Waals surface area contributed by atoms with Crippen molar-refractivity contribution in [3.05, 3.63) is 64.7 Å². The average molecular weight is 425 g/mol. The van der Waals surface area contributed by atoms with E-state index >= 15 is 0 Å². The lowest BCUT2D eigenvalue weighted by Crippen LogP contribution is -2.31. The number of aryl methyl sites for hydroxylation is 1. The molecule has 1 aromatic heterocycles. The SMILES string of the molecule is CCOCCNC(=O)Cn1nc2c(c1Nc1ccc(Cl)cc1)CCc1ccccc1-2. The van der Waals surface area contributed by atoms with Gasteiger partial charge in [-0.05, 0) is 49.6 Å². The highest BCUT2D eigenvalue weighted by Gasteiger charge is 2.25. The Balaban J connectivity index is 1.63. The largest absolute Gasteiger partial charge is 0.380 e. The van der Waals surface area contributed by atoms with Gasteiger partial charge in [0.05, 0.1) is 12.3 Å². The van der Waals surface area contributed by atoms with E-state index in [1.807, 2.05) is 37.3 Å². The number of nitrogens with one attached hydrogen (secondary N) is 2. The van der Waals surface area contributed by atoms with E-state index in [-0.39, 0.29) is 12.5 Å². The van der Waals surface area contributed by atoms with Crippen LogP contribution in [0.4, 0.5) is 11.5 Å². The van der Waals surface area contributed by atoms with Crippen molar-refractivity contribution in [3.63, 3.8) is 0 Å². The molecule has 0 radical (unpaired) electrons. The van der Waals surface area contributed by atoms with Crippen molar-refractivity contribution in [3.8, 4) is 11.3 Å². The normalized spacial score (nSPS) is 12.2. The lowest BCUT2D eigenvalue weighted by molar-refractivity contribution is -0.122. The molecule has 0 saturated carbocycles. The van der Waals surface area contributed by atoms with E-state index in [1.54, 1.807) is 4.68 Å². The first kappa shape index (κ1) is 20.4. The Morgan fingerprint density at radius 1 is 1.17 bits per heavy atom. The molecule has 30 heavy (non-hydrogen) atoms. The molecule has 0 unspecified atom stereocenters. The first-order valence-corrected chi connectivity index (χ1v) is 10.6. The van der Waals surface area contributed by atoms with E-state index in [1.165, 1.54) is 5.56 Å². The second-order valence-corrected chi connectivity index (χ2v) is 7.61. The molecule has 0 saturated heterocycles. The van der Waals surface area contributed by atoms with Crippen molar-refractivity contribution in [1.29, 1.82) is 0 Å². The van der Waals surface area contributed by atoms with Crippen LogP contribution in [0.25, 0.3) is 11.3 Å². The van der Waals surface area contributed by atoms with Crippen LogP contribution in [0, 0.1) is 0 Å². The number of rotatable bonds is 8. The number of carbonyl (C=O) groups is 1. The van der Waals surface area contributed by atoms with Gasteiger partial charge in [0.15, 0.2) is 0 Å². The molecular formula is C23H25ClN4O2. The van der Waals surface area contributed by atoms with Gasteiger partial charge in [0, 0.05) is 35.0 Å². The summed E-state index contributed by atoms with van der Waals surface area (Å²) in [6.45, 7) is 3.69. The fourth-order valence-electron chi connectivity index (χ4n) is 3.70. The van der Waals surface area contributed by atoms with E-state index < -0.39 is 0 Å². The fourth-order valence-corrected chi connectivity index (χ4v) is 3.83. The van der Waals surface area contributed by atoms with Crippen molar-refractivity contribution >= 4 is 29.0 Å². The van der Waals surface area contributed by atoms with Crippen LogP contribution in [0.1, 0.15) is 18.1 Å². The van der Waals surface area contributed by atoms with Crippen LogP contribution in [-0.2, 0) is 28.9 Å². The lowest BCUT2D eigenvalue weighted by Gasteiger charge is -2.16. The highest BCUT2D eigenvalue weighted by atomic mass is 35.5. The molecule has 0 aliphatic heterocycles. The minimum Gasteiger partial charge on any atom is -0.380 e. The quantitative estimate of drug-likeness (QED) is 0.532. The zero-order valence-corrected chi connectivity index (χ0v) is 17.7. The van der Waals surface area contributed by atoms with Crippen LogP contribution in [0.2, 0.25) is 5.02 Å². The molecule has 1 aliphatic rings. The third-order valence-electron chi connectivity index (χ3n) is 5.14. The Kier molecular flexibility index (Phi) is 6.35. The Morgan fingerprint density at radius 3 is 2.77 bits per heavy atom. The Labute approximate surface area is 181 Å². The highest BCUT2D eigenvalue weighted by molar-refractivity contribution is 6.30. The summed E-state index contributed by atoms with van der Waals surface area (Å²) in [6, 6.07) is 15.8. The zero-order chi connectivity index (χ0) is 20.9. The second-order valence-electron chi connectivity index (χ2n) is 7.17. The van der Waals surface area contributed by atoms with E-state index in [2.05, 4.69) is 28.8 Å². The third-order valence-corrected chi connectivity index (χ3v) is 5.39. The number of hydrogen-bond donors (Lipinski definition) is 2. The summed E-state index contributed by atoms with van der Waals surface area (Å²) in [5.41, 5.74) is 5.39. The third kappa shape index (κ3) is 4.50. The Bertz CT molecular complexity index is 1030. The maximum atomic E-state index is 12.5. The fraction of sp³-hybridized carbons (Fsp3) is 0.304. The van der Waals surface area contributed by atoms with Crippen LogP contribution < -0.4 is 10.6 Å². The van der Waals surface area contributed by atoms with Crippen LogP contribution in [0.15, 0.2) is 48.5 Å². The molecule has 6 nitrogen and oxygen atoms in total. The minimum absolute atomic E-state index is 0.0954. The Morgan fingerprint density at radius 2 is 1.97 bits per heavy atom. The van der Waals surface area contributed by atoms with Gasteiger partial charge in [-0.3, -0.25) is 4.79 Å². The van der Waals surface area contributed by atoms with Crippen LogP contribution in [0.5, 0.6) is 0 Å². The number of nitrogens with zero attached hydrogens (tertiary/aromatic N) is 2. The number of aromatic nitrogens is 2. The van der Waals surface area contributed by atoms with Gasteiger partial charge in [0.25, 0.3) is 0 Å². The number of anilines is 2. The van der Waals surface area contributed by atoms with E-state index in [9.17, 15) is 4.79 Å². The van der Waals surface area contributed by atoms with Gasteiger partial charge >= 0.3 is 0 Å². The summed E-state index contributed by atoms with van der Waals surface area (Å²) >= 11 is 6.03. The number of hydrogen-bond acceptors (Lipinski definition) is 4. The predicted molar refractivity (Wildman–Crippen MR) is 119 cm³/mol. The molecular weight excluding hydrogens is 400 g/mol. The summed E-state index contributed by atoms with van der Waals surface area (Å²) in [7, 11) is 0. The van der Waals surface area contributed by atoms with Crippen molar-refractivity contribution in [2.24, 2.45) is 0 Å². The van der Waals surface area contributed by atoms with Crippen LogP contribution in [-0.4, -0.2) is 35.4 Å². The molecule has 0 spiro atoms. The van der Waals surface area contributed by atoms with Crippen molar-refractivity contribution in [2.75, 3.05) is 25.1 Å². The van der Waals surface area contributed by atoms with Crippen molar-refractivity contribution < 1.29 is 9.53 Å². The molecule has 4 rings (SSSR count). The summed E-state index contributed by atoms with van der Waals surface area (Å²) in [5, 5.41) is 11.9. The number of benzene rings is 2. The van der Waals surface area contributed by atoms with Gasteiger partial charge in [-0.15, -0.1) is 0 Å². The van der Waals surface area contributed by atoms with Crippen molar-refractivity contribution in [1.82, 2.24) is 15.1 Å². The molecule has 1 amide bonds. The van der Waals surface area contributed by atoms with E-state index in [4.69, 9.17) is 21.4 Å². The molecule has 2 N–H and O–H groups in total. The number of carbonyl (C=O) groups excluding carboxylic acids is 1. The number of ether oxygens (including phenoxy) is 1.